The quantitative estimate of drug-likeness (QED) is 0.842. The average Bonchev–Trinajstić information content (AvgIpc) is 2.46. The number of aryl methyl sites for hydroxylation is 1. The summed E-state index contributed by atoms with van der Waals surface area (Å²) in [5.41, 5.74) is 8.18. The number of carbonyl (C=O) groups excluding carboxylic acids is 1. The highest BCUT2D eigenvalue weighted by Gasteiger charge is 2.35. The maximum atomic E-state index is 12.1. The molecule has 1 aromatic carbocycles. The predicted octanol–water partition coefficient (Wildman–Crippen LogP) is 2.25. The molecule has 1 aliphatic rings. The summed E-state index contributed by atoms with van der Waals surface area (Å²) in [7, 11) is 1.29. The number of hydrogen-bond donors (Lipinski definition) is 1. The fourth-order valence-corrected chi connectivity index (χ4v) is 2.35. The molecule has 5 heteroatoms. The number of ether oxygens (including phenoxy) is 2. The summed E-state index contributed by atoms with van der Waals surface area (Å²) in [6, 6.07) is 9.60. The summed E-state index contributed by atoms with van der Waals surface area (Å²) in [6.07, 6.45) is 0. The van der Waals surface area contributed by atoms with Crippen molar-refractivity contribution >= 4 is 5.97 Å². The molecule has 0 radical (unpaired) electrons. The Morgan fingerprint density at radius 3 is 2.48 bits per heavy atom. The Morgan fingerprint density at radius 2 is 1.95 bits per heavy atom. The van der Waals surface area contributed by atoms with Crippen molar-refractivity contribution in [3.8, 4) is 6.07 Å². The monoisotopic (exact) mass is 284 g/mol. The van der Waals surface area contributed by atoms with Crippen LogP contribution in [0.15, 0.2) is 47.1 Å². The maximum absolute atomic E-state index is 12.1. The highest BCUT2D eigenvalue weighted by Crippen LogP contribution is 2.39. The van der Waals surface area contributed by atoms with Crippen LogP contribution in [0.25, 0.3) is 0 Å². The number of carbonyl (C=O) groups is 1. The molecule has 0 spiro atoms. The van der Waals surface area contributed by atoms with Crippen molar-refractivity contribution < 1.29 is 14.3 Å². The Morgan fingerprint density at radius 1 is 1.33 bits per heavy atom. The zero-order chi connectivity index (χ0) is 15.6. The van der Waals surface area contributed by atoms with Crippen molar-refractivity contribution in [3.05, 3.63) is 58.2 Å². The first kappa shape index (κ1) is 14.7. The lowest BCUT2D eigenvalue weighted by atomic mass is 9.83. The minimum atomic E-state index is -0.572. The second-order valence-corrected chi connectivity index (χ2v) is 4.80. The lowest BCUT2D eigenvalue weighted by Crippen LogP contribution is -2.25. The van der Waals surface area contributed by atoms with Gasteiger partial charge in [0.25, 0.3) is 0 Å². The molecule has 1 aliphatic heterocycles. The number of benzene rings is 1. The van der Waals surface area contributed by atoms with E-state index in [2.05, 4.69) is 0 Å². The molecule has 0 aromatic heterocycles. The van der Waals surface area contributed by atoms with Crippen molar-refractivity contribution in [2.75, 3.05) is 7.11 Å². The lowest BCUT2D eigenvalue weighted by Gasteiger charge is -2.26. The summed E-state index contributed by atoms with van der Waals surface area (Å²) in [5.74, 6) is -0.729. The van der Waals surface area contributed by atoms with E-state index in [1.54, 1.807) is 6.92 Å². The maximum Gasteiger partial charge on any atom is 0.338 e. The smallest absolute Gasteiger partial charge is 0.338 e. The molecule has 0 fully saturated rings. The molecule has 1 aromatic rings. The summed E-state index contributed by atoms with van der Waals surface area (Å²) in [6.45, 7) is 3.60. The van der Waals surface area contributed by atoms with Crippen LogP contribution < -0.4 is 5.73 Å². The van der Waals surface area contributed by atoms with Gasteiger partial charge in [0, 0.05) is 0 Å². The van der Waals surface area contributed by atoms with Crippen LogP contribution in [0.1, 0.15) is 24.0 Å². The van der Waals surface area contributed by atoms with Gasteiger partial charge in [-0.05, 0) is 19.4 Å². The number of esters is 1. The molecular weight excluding hydrogens is 268 g/mol. The number of hydrogen-bond acceptors (Lipinski definition) is 5. The highest BCUT2D eigenvalue weighted by atomic mass is 16.5. The number of allylic oxidation sites excluding steroid dienone is 2. The van der Waals surface area contributed by atoms with Gasteiger partial charge in [-0.1, -0.05) is 29.8 Å². The number of nitriles is 1. The van der Waals surface area contributed by atoms with Gasteiger partial charge in [0.05, 0.1) is 18.6 Å². The zero-order valence-corrected chi connectivity index (χ0v) is 12.1. The van der Waals surface area contributed by atoms with E-state index in [1.807, 2.05) is 37.3 Å². The fraction of sp³-hybridized carbons (Fsp3) is 0.250. The molecule has 1 heterocycles. The Labute approximate surface area is 123 Å². The fourth-order valence-electron chi connectivity index (χ4n) is 2.35. The number of nitrogens with two attached hydrogens (primary N) is 1. The minimum Gasteiger partial charge on any atom is -0.466 e. The van der Waals surface area contributed by atoms with Crippen molar-refractivity contribution in [3.63, 3.8) is 0 Å². The SMILES string of the molecule is COC(=O)C1=C(C)OC(N)=C(C#N)C1c1ccc(C)cc1. The summed E-state index contributed by atoms with van der Waals surface area (Å²) in [4.78, 5) is 12.1. The summed E-state index contributed by atoms with van der Waals surface area (Å²) in [5, 5.41) is 9.36. The first-order valence-corrected chi connectivity index (χ1v) is 6.42. The van der Waals surface area contributed by atoms with Gasteiger partial charge in [0.15, 0.2) is 0 Å². The van der Waals surface area contributed by atoms with E-state index in [1.165, 1.54) is 7.11 Å². The Hall–Kier alpha value is -2.74. The number of methoxy groups -OCH3 is 1. The number of rotatable bonds is 2. The Balaban J connectivity index is 2.63. The van der Waals surface area contributed by atoms with E-state index in [0.29, 0.717) is 11.3 Å². The molecule has 0 saturated carbocycles. The van der Waals surface area contributed by atoms with Crippen LogP contribution in [0.3, 0.4) is 0 Å². The molecule has 1 atom stereocenters. The zero-order valence-electron chi connectivity index (χ0n) is 12.1. The predicted molar refractivity (Wildman–Crippen MR) is 76.5 cm³/mol. The molecule has 1 unspecified atom stereocenters. The van der Waals surface area contributed by atoms with Crippen molar-refractivity contribution in [1.29, 1.82) is 5.26 Å². The molecule has 0 saturated heterocycles. The molecule has 21 heavy (non-hydrogen) atoms. The van der Waals surface area contributed by atoms with E-state index >= 15 is 0 Å². The van der Waals surface area contributed by atoms with E-state index in [9.17, 15) is 10.1 Å². The Bertz CT molecular complexity index is 678. The van der Waals surface area contributed by atoms with Gasteiger partial charge in [0.2, 0.25) is 5.88 Å². The van der Waals surface area contributed by atoms with Crippen LogP contribution in [-0.4, -0.2) is 13.1 Å². The summed E-state index contributed by atoms with van der Waals surface area (Å²) < 4.78 is 10.1. The second kappa shape index (κ2) is 5.71. The second-order valence-electron chi connectivity index (χ2n) is 4.80. The van der Waals surface area contributed by atoms with Crippen LogP contribution in [0, 0.1) is 18.3 Å². The van der Waals surface area contributed by atoms with Crippen LogP contribution in [0.2, 0.25) is 0 Å². The molecule has 2 rings (SSSR count). The van der Waals surface area contributed by atoms with Crippen LogP contribution in [0.4, 0.5) is 0 Å². The third-order valence-electron chi connectivity index (χ3n) is 3.42. The molecule has 2 N–H and O–H groups in total. The van der Waals surface area contributed by atoms with Crippen LogP contribution in [-0.2, 0) is 14.3 Å². The first-order chi connectivity index (χ1) is 9.99. The van der Waals surface area contributed by atoms with Gasteiger partial charge in [-0.3, -0.25) is 0 Å². The molecular formula is C16H16N2O3. The Kier molecular flexibility index (Phi) is 3.99. The minimum absolute atomic E-state index is 0.0215. The van der Waals surface area contributed by atoms with Gasteiger partial charge in [-0.25, -0.2) is 4.79 Å². The standard InChI is InChI=1S/C16H16N2O3/c1-9-4-6-11(7-5-9)14-12(8-17)15(18)21-10(2)13(14)16(19)20-3/h4-7,14H,18H2,1-3H3. The normalized spacial score (nSPS) is 18.1. The first-order valence-electron chi connectivity index (χ1n) is 6.42. The summed E-state index contributed by atoms with van der Waals surface area (Å²) >= 11 is 0. The third-order valence-corrected chi connectivity index (χ3v) is 3.42. The lowest BCUT2D eigenvalue weighted by molar-refractivity contribution is -0.136. The van der Waals surface area contributed by atoms with E-state index in [4.69, 9.17) is 15.2 Å². The van der Waals surface area contributed by atoms with Crippen molar-refractivity contribution in [2.45, 2.75) is 19.8 Å². The molecule has 108 valence electrons. The van der Waals surface area contributed by atoms with Gasteiger partial charge >= 0.3 is 5.97 Å². The third kappa shape index (κ3) is 2.61. The molecule has 0 aliphatic carbocycles. The molecule has 5 nitrogen and oxygen atoms in total. The number of nitrogens with zero attached hydrogens (tertiary/aromatic N) is 1. The highest BCUT2D eigenvalue weighted by molar-refractivity contribution is 5.92. The molecule has 0 amide bonds. The van der Waals surface area contributed by atoms with Gasteiger partial charge in [0.1, 0.15) is 17.4 Å². The molecule has 0 bridgehead atoms. The largest absolute Gasteiger partial charge is 0.466 e. The average molecular weight is 284 g/mol. The van der Waals surface area contributed by atoms with Gasteiger partial charge in [-0.2, -0.15) is 5.26 Å². The van der Waals surface area contributed by atoms with Crippen molar-refractivity contribution in [2.24, 2.45) is 5.73 Å². The van der Waals surface area contributed by atoms with E-state index in [0.717, 1.165) is 11.1 Å². The van der Waals surface area contributed by atoms with Gasteiger partial charge in [-0.15, -0.1) is 0 Å². The van der Waals surface area contributed by atoms with E-state index < -0.39 is 11.9 Å². The van der Waals surface area contributed by atoms with Crippen molar-refractivity contribution in [1.82, 2.24) is 0 Å². The van der Waals surface area contributed by atoms with Gasteiger partial charge < -0.3 is 15.2 Å². The van der Waals surface area contributed by atoms with Crippen LogP contribution >= 0.6 is 0 Å². The van der Waals surface area contributed by atoms with Crippen LogP contribution in [0.5, 0.6) is 0 Å². The van der Waals surface area contributed by atoms with E-state index in [-0.39, 0.29) is 11.5 Å². The topological polar surface area (TPSA) is 85.3 Å².